The first kappa shape index (κ1) is 14.9. The van der Waals surface area contributed by atoms with Crippen molar-refractivity contribution in [2.24, 2.45) is 0 Å². The summed E-state index contributed by atoms with van der Waals surface area (Å²) in [5.41, 5.74) is 0.143. The number of ether oxygens (including phenoxy) is 1. The number of hydrogen-bond acceptors (Lipinski definition) is 4. The molecule has 110 valence electrons. The third kappa shape index (κ3) is 4.54. The van der Waals surface area contributed by atoms with Crippen molar-refractivity contribution in [1.82, 2.24) is 5.32 Å². The Balaban J connectivity index is 1.74. The van der Waals surface area contributed by atoms with Gasteiger partial charge in [-0.15, -0.1) is 0 Å². The fourth-order valence-corrected chi connectivity index (χ4v) is 1.80. The van der Waals surface area contributed by atoms with Gasteiger partial charge in [-0.2, -0.15) is 4.39 Å². The molecule has 0 saturated heterocycles. The van der Waals surface area contributed by atoms with Crippen LogP contribution < -0.4 is 10.1 Å². The van der Waals surface area contributed by atoms with Crippen LogP contribution in [0.5, 0.6) is 5.75 Å². The number of rotatable bonds is 7. The van der Waals surface area contributed by atoms with Gasteiger partial charge in [-0.3, -0.25) is 10.1 Å². The molecule has 0 atom stereocenters. The number of hydrogen-bond donors (Lipinski definition) is 1. The van der Waals surface area contributed by atoms with Gasteiger partial charge < -0.3 is 10.1 Å². The molecule has 0 saturated carbocycles. The fraction of sp³-hybridized carbons (Fsp3) is 0.200. The molecule has 0 aromatic heterocycles. The molecule has 5 nitrogen and oxygen atoms in total. The first-order valence-corrected chi connectivity index (χ1v) is 6.48. The van der Waals surface area contributed by atoms with Gasteiger partial charge in [0.2, 0.25) is 5.82 Å². The van der Waals surface area contributed by atoms with E-state index in [0.717, 1.165) is 5.75 Å². The Hall–Kier alpha value is -2.47. The minimum atomic E-state index is -0.820. The van der Waals surface area contributed by atoms with Crippen molar-refractivity contribution in [2.45, 2.75) is 6.54 Å². The van der Waals surface area contributed by atoms with Gasteiger partial charge in [0.1, 0.15) is 12.4 Å². The molecule has 2 aromatic carbocycles. The summed E-state index contributed by atoms with van der Waals surface area (Å²) in [6.07, 6.45) is 0. The Labute approximate surface area is 121 Å². The number of nitro benzene ring substituents is 1. The monoisotopic (exact) mass is 290 g/mol. The van der Waals surface area contributed by atoms with Crippen LogP contribution in [0.2, 0.25) is 0 Å². The van der Waals surface area contributed by atoms with Crippen LogP contribution in [-0.4, -0.2) is 18.1 Å². The SMILES string of the molecule is O=[N+]([O-])c1ccc(CNCCOc2ccccc2)cc1F. The predicted molar refractivity (Wildman–Crippen MR) is 76.7 cm³/mol. The summed E-state index contributed by atoms with van der Waals surface area (Å²) in [5, 5.41) is 13.6. The molecule has 0 amide bonds. The Morgan fingerprint density at radius 2 is 1.95 bits per heavy atom. The van der Waals surface area contributed by atoms with Crippen LogP contribution in [0.15, 0.2) is 48.5 Å². The summed E-state index contributed by atoms with van der Waals surface area (Å²) >= 11 is 0. The zero-order valence-corrected chi connectivity index (χ0v) is 11.3. The molecule has 0 fully saturated rings. The molecular formula is C15H15FN2O3. The van der Waals surface area contributed by atoms with Crippen LogP contribution in [0.4, 0.5) is 10.1 Å². The first-order chi connectivity index (χ1) is 10.2. The van der Waals surface area contributed by atoms with E-state index in [-0.39, 0.29) is 0 Å². The van der Waals surface area contributed by atoms with E-state index in [4.69, 9.17) is 4.74 Å². The van der Waals surface area contributed by atoms with Crippen LogP contribution >= 0.6 is 0 Å². The highest BCUT2D eigenvalue weighted by molar-refractivity contribution is 5.34. The van der Waals surface area contributed by atoms with E-state index in [9.17, 15) is 14.5 Å². The van der Waals surface area contributed by atoms with Crippen molar-refractivity contribution in [3.8, 4) is 5.75 Å². The summed E-state index contributed by atoms with van der Waals surface area (Å²) in [6.45, 7) is 1.50. The number of para-hydroxylation sites is 1. The van der Waals surface area contributed by atoms with Crippen molar-refractivity contribution in [3.63, 3.8) is 0 Å². The lowest BCUT2D eigenvalue weighted by Gasteiger charge is -2.07. The Morgan fingerprint density at radius 1 is 1.19 bits per heavy atom. The van der Waals surface area contributed by atoms with Crippen LogP contribution in [0.1, 0.15) is 5.56 Å². The predicted octanol–water partition coefficient (Wildman–Crippen LogP) is 2.90. The quantitative estimate of drug-likeness (QED) is 0.484. The van der Waals surface area contributed by atoms with Gasteiger partial charge in [0, 0.05) is 19.2 Å². The zero-order chi connectivity index (χ0) is 15.1. The highest BCUT2D eigenvalue weighted by Crippen LogP contribution is 2.17. The Kier molecular flexibility index (Phi) is 5.22. The number of benzene rings is 2. The average Bonchev–Trinajstić information content (AvgIpc) is 2.47. The van der Waals surface area contributed by atoms with Crippen molar-refractivity contribution < 1.29 is 14.1 Å². The van der Waals surface area contributed by atoms with Gasteiger partial charge in [-0.25, -0.2) is 0 Å². The van der Waals surface area contributed by atoms with Crippen LogP contribution in [0.3, 0.4) is 0 Å². The van der Waals surface area contributed by atoms with Gasteiger partial charge in [-0.05, 0) is 23.8 Å². The second-order valence-corrected chi connectivity index (χ2v) is 4.38. The molecule has 21 heavy (non-hydrogen) atoms. The van der Waals surface area contributed by atoms with Crippen molar-refractivity contribution in [3.05, 3.63) is 70.0 Å². The molecule has 0 heterocycles. The van der Waals surface area contributed by atoms with E-state index in [1.54, 1.807) is 0 Å². The number of nitro groups is 1. The van der Waals surface area contributed by atoms with Crippen LogP contribution in [0, 0.1) is 15.9 Å². The molecule has 0 unspecified atom stereocenters. The molecule has 0 spiro atoms. The minimum Gasteiger partial charge on any atom is -0.492 e. The lowest BCUT2D eigenvalue weighted by molar-refractivity contribution is -0.387. The maximum absolute atomic E-state index is 13.4. The van der Waals surface area contributed by atoms with E-state index in [2.05, 4.69) is 5.32 Å². The van der Waals surface area contributed by atoms with Gasteiger partial charge in [0.15, 0.2) is 0 Å². The van der Waals surface area contributed by atoms with Crippen molar-refractivity contribution in [1.29, 1.82) is 0 Å². The van der Waals surface area contributed by atoms with Crippen LogP contribution in [-0.2, 0) is 6.54 Å². The molecule has 2 aromatic rings. The fourth-order valence-electron chi connectivity index (χ4n) is 1.80. The van der Waals surface area contributed by atoms with Gasteiger partial charge in [-0.1, -0.05) is 24.3 Å². The molecule has 2 rings (SSSR count). The largest absolute Gasteiger partial charge is 0.492 e. The molecule has 0 bridgehead atoms. The summed E-state index contributed by atoms with van der Waals surface area (Å²) in [6, 6.07) is 13.3. The normalized spacial score (nSPS) is 10.3. The topological polar surface area (TPSA) is 64.4 Å². The molecule has 0 aliphatic carbocycles. The zero-order valence-electron chi connectivity index (χ0n) is 11.3. The van der Waals surface area contributed by atoms with E-state index < -0.39 is 16.4 Å². The maximum Gasteiger partial charge on any atom is 0.304 e. The summed E-state index contributed by atoms with van der Waals surface area (Å²) in [7, 11) is 0. The molecule has 0 radical (unpaired) electrons. The Bertz CT molecular complexity index is 605. The third-order valence-electron chi connectivity index (χ3n) is 2.83. The number of nitrogens with zero attached hydrogens (tertiary/aromatic N) is 1. The maximum atomic E-state index is 13.4. The van der Waals surface area contributed by atoms with Crippen molar-refractivity contribution in [2.75, 3.05) is 13.2 Å². The summed E-state index contributed by atoms with van der Waals surface area (Å²) < 4.78 is 18.9. The lowest BCUT2D eigenvalue weighted by Crippen LogP contribution is -2.20. The van der Waals surface area contributed by atoms with Crippen molar-refractivity contribution >= 4 is 5.69 Å². The van der Waals surface area contributed by atoms with Gasteiger partial charge in [0.25, 0.3) is 0 Å². The molecule has 1 N–H and O–H groups in total. The molecular weight excluding hydrogens is 275 g/mol. The van der Waals surface area contributed by atoms with Crippen LogP contribution in [0.25, 0.3) is 0 Å². The van der Waals surface area contributed by atoms with E-state index in [1.807, 2.05) is 30.3 Å². The summed E-state index contributed by atoms with van der Waals surface area (Å²) in [4.78, 5) is 9.76. The summed E-state index contributed by atoms with van der Waals surface area (Å²) in [5.74, 6) is -0.0273. The molecule has 0 aliphatic rings. The highest BCUT2D eigenvalue weighted by Gasteiger charge is 2.13. The van der Waals surface area contributed by atoms with Gasteiger partial charge >= 0.3 is 5.69 Å². The molecule has 6 heteroatoms. The number of halogens is 1. The standard InChI is InChI=1S/C15H15FN2O3/c16-14-10-12(6-7-15(14)18(19)20)11-17-8-9-21-13-4-2-1-3-5-13/h1-7,10,17H,8-9,11H2. The smallest absolute Gasteiger partial charge is 0.304 e. The second-order valence-electron chi connectivity index (χ2n) is 4.38. The van der Waals surface area contributed by atoms with E-state index in [1.165, 1.54) is 18.2 Å². The van der Waals surface area contributed by atoms with E-state index in [0.29, 0.717) is 25.3 Å². The second kappa shape index (κ2) is 7.35. The number of nitrogens with one attached hydrogen (secondary N) is 1. The van der Waals surface area contributed by atoms with E-state index >= 15 is 0 Å². The Morgan fingerprint density at radius 3 is 2.62 bits per heavy atom. The lowest BCUT2D eigenvalue weighted by atomic mass is 10.2. The first-order valence-electron chi connectivity index (χ1n) is 6.48. The average molecular weight is 290 g/mol. The third-order valence-corrected chi connectivity index (χ3v) is 2.83. The van der Waals surface area contributed by atoms with Gasteiger partial charge in [0.05, 0.1) is 4.92 Å². The molecule has 0 aliphatic heterocycles. The highest BCUT2D eigenvalue weighted by atomic mass is 19.1. The minimum absolute atomic E-state index is 0.424.